The highest BCUT2D eigenvalue weighted by Gasteiger charge is 2.06. The second-order valence-electron chi connectivity index (χ2n) is 3.16. The number of aromatic nitrogens is 1. The molecule has 0 saturated heterocycles. The van der Waals surface area contributed by atoms with Crippen molar-refractivity contribution < 1.29 is 4.39 Å². The van der Waals surface area contributed by atoms with E-state index in [0.29, 0.717) is 5.39 Å². The van der Waals surface area contributed by atoms with Crippen LogP contribution in [0.3, 0.4) is 0 Å². The van der Waals surface area contributed by atoms with Gasteiger partial charge in [-0.15, -0.1) is 0 Å². The Kier molecular flexibility index (Phi) is 2.08. The fourth-order valence-electron chi connectivity index (χ4n) is 1.61. The maximum absolute atomic E-state index is 13.4. The van der Waals surface area contributed by atoms with Crippen molar-refractivity contribution in [3.05, 3.63) is 46.1 Å². The molecule has 0 bridgehead atoms. The molecule has 0 radical (unpaired) electrons. The third-order valence-electron chi connectivity index (χ3n) is 2.36. The highest BCUT2D eigenvalue weighted by atomic mass is 19.1. The van der Waals surface area contributed by atoms with Crippen LogP contribution >= 0.6 is 0 Å². The molecule has 0 saturated carbocycles. The molecule has 14 heavy (non-hydrogen) atoms. The molecule has 0 spiro atoms. The molecule has 0 aliphatic carbocycles. The van der Waals surface area contributed by atoms with Gasteiger partial charge >= 0.3 is 0 Å². The minimum absolute atomic E-state index is 0.396. The molecule has 0 aliphatic rings. The number of aryl methyl sites for hydroxylation is 1. The smallest absolute Gasteiger partial charge is 0.284 e. The van der Waals surface area contributed by atoms with Gasteiger partial charge in [0.05, 0.1) is 0 Å². The number of nitrogens with one attached hydrogen (secondary N) is 1. The topological polar surface area (TPSA) is 32.9 Å². The van der Waals surface area contributed by atoms with E-state index in [4.69, 9.17) is 0 Å². The Labute approximate surface area is 80.4 Å². The molecule has 0 unspecified atom stereocenters. The van der Waals surface area contributed by atoms with Crippen LogP contribution in [0.25, 0.3) is 10.8 Å². The monoisotopic (exact) mass is 191 g/mol. The molecule has 3 heteroatoms. The summed E-state index contributed by atoms with van der Waals surface area (Å²) in [4.78, 5) is 13.4. The van der Waals surface area contributed by atoms with Crippen LogP contribution in [-0.4, -0.2) is 4.98 Å². The first kappa shape index (κ1) is 8.94. The second-order valence-corrected chi connectivity index (χ2v) is 3.16. The van der Waals surface area contributed by atoms with Crippen molar-refractivity contribution in [3.63, 3.8) is 0 Å². The summed E-state index contributed by atoms with van der Waals surface area (Å²) in [5.74, 6) is -0.696. The van der Waals surface area contributed by atoms with Crippen LogP contribution in [0.5, 0.6) is 0 Å². The van der Waals surface area contributed by atoms with Crippen LogP contribution < -0.4 is 5.56 Å². The number of benzene rings is 1. The summed E-state index contributed by atoms with van der Waals surface area (Å²) in [7, 11) is 0. The second kappa shape index (κ2) is 3.25. The first-order valence-electron chi connectivity index (χ1n) is 4.53. The maximum atomic E-state index is 13.4. The molecule has 72 valence electrons. The highest BCUT2D eigenvalue weighted by Crippen LogP contribution is 2.18. The van der Waals surface area contributed by atoms with Gasteiger partial charge in [-0.3, -0.25) is 4.79 Å². The van der Waals surface area contributed by atoms with E-state index in [2.05, 4.69) is 4.98 Å². The van der Waals surface area contributed by atoms with Gasteiger partial charge in [0.15, 0.2) is 5.82 Å². The van der Waals surface area contributed by atoms with E-state index in [9.17, 15) is 9.18 Å². The summed E-state index contributed by atoms with van der Waals surface area (Å²) < 4.78 is 13.4. The molecule has 1 heterocycles. The maximum Gasteiger partial charge on any atom is 0.284 e. The van der Waals surface area contributed by atoms with Gasteiger partial charge in [-0.1, -0.05) is 25.1 Å². The average Bonchev–Trinajstić information content (AvgIpc) is 2.23. The zero-order chi connectivity index (χ0) is 10.1. The Morgan fingerprint density at radius 2 is 2.14 bits per heavy atom. The van der Waals surface area contributed by atoms with Crippen LogP contribution in [0.15, 0.2) is 29.2 Å². The van der Waals surface area contributed by atoms with Crippen LogP contribution in [-0.2, 0) is 6.42 Å². The Bertz CT molecular complexity index is 530. The normalized spacial score (nSPS) is 10.7. The number of hydrogen-bond acceptors (Lipinski definition) is 1. The molecule has 0 atom stereocenters. The van der Waals surface area contributed by atoms with Gasteiger partial charge in [0, 0.05) is 17.0 Å². The molecule has 0 aliphatic heterocycles. The molecule has 1 aromatic heterocycles. The van der Waals surface area contributed by atoms with Crippen molar-refractivity contribution in [2.75, 3.05) is 0 Å². The van der Waals surface area contributed by atoms with Gasteiger partial charge in [-0.25, -0.2) is 4.39 Å². The first-order valence-corrected chi connectivity index (χ1v) is 4.53. The number of hydrogen-bond donors (Lipinski definition) is 1. The van der Waals surface area contributed by atoms with E-state index >= 15 is 0 Å². The van der Waals surface area contributed by atoms with Crippen molar-refractivity contribution in [2.24, 2.45) is 0 Å². The summed E-state index contributed by atoms with van der Waals surface area (Å²) in [5, 5.41) is 1.18. The minimum atomic E-state index is -0.696. The molecule has 0 fully saturated rings. The number of rotatable bonds is 1. The largest absolute Gasteiger partial charge is 0.326 e. The highest BCUT2D eigenvalue weighted by molar-refractivity contribution is 5.85. The lowest BCUT2D eigenvalue weighted by Gasteiger charge is -2.03. The zero-order valence-electron chi connectivity index (χ0n) is 7.80. The average molecular weight is 191 g/mol. The van der Waals surface area contributed by atoms with Gasteiger partial charge < -0.3 is 4.98 Å². The number of H-pyrrole nitrogens is 1. The minimum Gasteiger partial charge on any atom is -0.326 e. The third kappa shape index (κ3) is 1.21. The summed E-state index contributed by atoms with van der Waals surface area (Å²) in [6.07, 6.45) is 2.39. The quantitative estimate of drug-likeness (QED) is 0.736. The van der Waals surface area contributed by atoms with Crippen molar-refractivity contribution in [1.82, 2.24) is 4.98 Å². The van der Waals surface area contributed by atoms with Gasteiger partial charge in [-0.2, -0.15) is 0 Å². The van der Waals surface area contributed by atoms with E-state index in [1.807, 2.05) is 13.0 Å². The molecular formula is C11H10FNO. The van der Waals surface area contributed by atoms with Crippen molar-refractivity contribution in [3.8, 4) is 0 Å². The van der Waals surface area contributed by atoms with Crippen LogP contribution in [0.2, 0.25) is 0 Å². The van der Waals surface area contributed by atoms with Gasteiger partial charge in [0.1, 0.15) is 0 Å². The molecule has 1 N–H and O–H groups in total. The summed E-state index contributed by atoms with van der Waals surface area (Å²) in [6, 6.07) is 5.32. The lowest BCUT2D eigenvalue weighted by molar-refractivity contribution is 0.621. The van der Waals surface area contributed by atoms with E-state index in [-0.39, 0.29) is 0 Å². The first-order chi connectivity index (χ1) is 6.74. The van der Waals surface area contributed by atoms with Crippen molar-refractivity contribution >= 4 is 10.8 Å². The van der Waals surface area contributed by atoms with E-state index < -0.39 is 11.4 Å². The molecule has 2 nitrogen and oxygen atoms in total. The van der Waals surface area contributed by atoms with Crippen molar-refractivity contribution in [2.45, 2.75) is 13.3 Å². The predicted molar refractivity (Wildman–Crippen MR) is 53.9 cm³/mol. The fourth-order valence-corrected chi connectivity index (χ4v) is 1.61. The van der Waals surface area contributed by atoms with Crippen molar-refractivity contribution in [1.29, 1.82) is 0 Å². The van der Waals surface area contributed by atoms with E-state index in [0.717, 1.165) is 17.4 Å². The predicted octanol–water partition coefficient (Wildman–Crippen LogP) is 2.23. The SMILES string of the molecule is CCc1cccc2c(F)c(=O)[nH]cc12. The van der Waals surface area contributed by atoms with Crippen LogP contribution in [0.4, 0.5) is 4.39 Å². The summed E-state index contributed by atoms with van der Waals surface area (Å²) >= 11 is 0. The molecule has 1 aromatic carbocycles. The Morgan fingerprint density at radius 1 is 1.36 bits per heavy atom. The Morgan fingerprint density at radius 3 is 2.86 bits per heavy atom. The lowest BCUT2D eigenvalue weighted by atomic mass is 10.0. The van der Waals surface area contributed by atoms with E-state index in [1.165, 1.54) is 0 Å². The number of pyridine rings is 1. The van der Waals surface area contributed by atoms with E-state index in [1.54, 1.807) is 18.3 Å². The number of halogens is 1. The molecule has 2 aromatic rings. The summed E-state index contributed by atoms with van der Waals surface area (Å²) in [6.45, 7) is 2.00. The van der Waals surface area contributed by atoms with Crippen LogP contribution in [0, 0.1) is 5.82 Å². The Hall–Kier alpha value is -1.64. The molecule has 2 rings (SSSR count). The van der Waals surface area contributed by atoms with Gasteiger partial charge in [0.25, 0.3) is 5.56 Å². The standard InChI is InChI=1S/C11H10FNO/c1-2-7-4-3-5-8-9(7)6-13-11(14)10(8)12/h3-6H,2H2,1H3,(H,13,14). The Balaban J connectivity index is 2.93. The lowest BCUT2D eigenvalue weighted by Crippen LogP contribution is -2.10. The van der Waals surface area contributed by atoms with Gasteiger partial charge in [0.2, 0.25) is 0 Å². The van der Waals surface area contributed by atoms with Gasteiger partial charge in [-0.05, 0) is 12.0 Å². The number of aromatic amines is 1. The number of fused-ring (bicyclic) bond motifs is 1. The van der Waals surface area contributed by atoms with Crippen LogP contribution in [0.1, 0.15) is 12.5 Å². The molecule has 0 amide bonds. The third-order valence-corrected chi connectivity index (χ3v) is 2.36. The fraction of sp³-hybridized carbons (Fsp3) is 0.182. The molecular weight excluding hydrogens is 181 g/mol. The summed E-state index contributed by atoms with van der Waals surface area (Å²) in [5.41, 5.74) is 0.378. The zero-order valence-corrected chi connectivity index (χ0v) is 7.80.